The zero-order chi connectivity index (χ0) is 18.9. The van der Waals surface area contributed by atoms with Gasteiger partial charge in [0.15, 0.2) is 10.8 Å². The van der Waals surface area contributed by atoms with Crippen molar-refractivity contribution in [3.63, 3.8) is 0 Å². The van der Waals surface area contributed by atoms with Gasteiger partial charge in [0, 0.05) is 42.0 Å². The lowest BCUT2D eigenvalue weighted by Crippen LogP contribution is -2.32. The highest BCUT2D eigenvalue weighted by molar-refractivity contribution is 7.13. The molecule has 0 atom stereocenters. The number of esters is 1. The molecule has 0 aliphatic rings. The molecule has 1 aromatic heterocycles. The standard InChI is InChI=1S/C18H18ClN3O3S/c1-3-25-17(24)15-12-26-18(21-15)22(2)10-9-20-16(23)8-7-13-5-4-6-14(19)11-13/h4-6,11-12H,3,9-10H2,1-2H3,(H,20,23). The van der Waals surface area contributed by atoms with Crippen molar-refractivity contribution >= 4 is 39.9 Å². The molecule has 0 aliphatic heterocycles. The van der Waals surface area contributed by atoms with Gasteiger partial charge in [0.05, 0.1) is 6.61 Å². The number of halogens is 1. The monoisotopic (exact) mass is 391 g/mol. The van der Waals surface area contributed by atoms with Gasteiger partial charge in [0.25, 0.3) is 5.91 Å². The summed E-state index contributed by atoms with van der Waals surface area (Å²) in [5.74, 6) is 4.47. The summed E-state index contributed by atoms with van der Waals surface area (Å²) in [6.07, 6.45) is 0. The van der Waals surface area contributed by atoms with E-state index < -0.39 is 5.97 Å². The van der Waals surface area contributed by atoms with E-state index in [4.69, 9.17) is 16.3 Å². The second-order valence-corrected chi connectivity index (χ2v) is 6.45. The van der Waals surface area contributed by atoms with E-state index in [1.807, 2.05) is 11.9 Å². The molecule has 6 nitrogen and oxygen atoms in total. The van der Waals surface area contributed by atoms with Crippen molar-refractivity contribution in [2.24, 2.45) is 0 Å². The van der Waals surface area contributed by atoms with Gasteiger partial charge in [0.1, 0.15) is 0 Å². The summed E-state index contributed by atoms with van der Waals surface area (Å²) < 4.78 is 4.91. The maximum absolute atomic E-state index is 11.8. The van der Waals surface area contributed by atoms with Crippen molar-refractivity contribution in [1.82, 2.24) is 10.3 Å². The number of amides is 1. The molecule has 0 fully saturated rings. The number of hydrogen-bond donors (Lipinski definition) is 1. The molecular formula is C18H18ClN3O3S. The van der Waals surface area contributed by atoms with Gasteiger partial charge in [-0.2, -0.15) is 0 Å². The number of rotatable bonds is 6. The molecule has 0 unspecified atom stereocenters. The van der Waals surface area contributed by atoms with E-state index in [1.54, 1.807) is 36.6 Å². The molecule has 0 aliphatic carbocycles. The van der Waals surface area contributed by atoms with Crippen LogP contribution < -0.4 is 10.2 Å². The zero-order valence-corrected chi connectivity index (χ0v) is 16.0. The van der Waals surface area contributed by atoms with Gasteiger partial charge in [-0.05, 0) is 25.1 Å². The zero-order valence-electron chi connectivity index (χ0n) is 14.4. The summed E-state index contributed by atoms with van der Waals surface area (Å²) in [7, 11) is 1.83. The number of hydrogen-bond acceptors (Lipinski definition) is 6. The van der Waals surface area contributed by atoms with Crippen molar-refractivity contribution in [1.29, 1.82) is 0 Å². The van der Waals surface area contributed by atoms with Crippen LogP contribution in [0.2, 0.25) is 5.02 Å². The average molecular weight is 392 g/mol. The third-order valence-corrected chi connectivity index (χ3v) is 4.37. The lowest BCUT2D eigenvalue weighted by atomic mass is 10.2. The van der Waals surface area contributed by atoms with Gasteiger partial charge in [-0.1, -0.05) is 23.6 Å². The minimum Gasteiger partial charge on any atom is -0.461 e. The number of likely N-dealkylation sites (N-methyl/N-ethyl adjacent to an activating group) is 1. The van der Waals surface area contributed by atoms with Crippen LogP contribution >= 0.6 is 22.9 Å². The van der Waals surface area contributed by atoms with Gasteiger partial charge in [0.2, 0.25) is 0 Å². The fraction of sp³-hybridized carbons (Fsp3) is 0.278. The Labute approximate surface area is 161 Å². The van der Waals surface area contributed by atoms with Crippen LogP contribution in [0.25, 0.3) is 0 Å². The average Bonchev–Trinajstić information content (AvgIpc) is 3.10. The van der Waals surface area contributed by atoms with Crippen LogP contribution in [0.1, 0.15) is 23.0 Å². The second kappa shape index (κ2) is 9.80. The molecule has 2 aromatic rings. The Morgan fingerprint density at radius 3 is 2.96 bits per heavy atom. The molecule has 2 rings (SSSR count). The lowest BCUT2D eigenvalue weighted by molar-refractivity contribution is -0.115. The van der Waals surface area contributed by atoms with Crippen LogP contribution in [0, 0.1) is 11.8 Å². The van der Waals surface area contributed by atoms with Crippen LogP contribution in [0.3, 0.4) is 0 Å². The van der Waals surface area contributed by atoms with E-state index in [2.05, 4.69) is 22.1 Å². The Balaban J connectivity index is 1.80. The number of aromatic nitrogens is 1. The first-order valence-electron chi connectivity index (χ1n) is 7.88. The van der Waals surface area contributed by atoms with Crippen LogP contribution in [-0.4, -0.2) is 43.6 Å². The van der Waals surface area contributed by atoms with Gasteiger partial charge < -0.3 is 15.0 Å². The molecule has 0 bridgehead atoms. The number of carbonyl (C=O) groups excluding carboxylic acids is 2. The number of thiazole rings is 1. The molecule has 1 aromatic carbocycles. The molecule has 1 N–H and O–H groups in total. The Bertz CT molecular complexity index is 841. The van der Waals surface area contributed by atoms with Crippen LogP contribution in [-0.2, 0) is 9.53 Å². The number of ether oxygens (including phenoxy) is 1. The summed E-state index contributed by atoms with van der Waals surface area (Å²) in [5, 5.41) is 5.61. The Hall–Kier alpha value is -2.56. The largest absolute Gasteiger partial charge is 0.461 e. The lowest BCUT2D eigenvalue weighted by Gasteiger charge is -2.15. The van der Waals surface area contributed by atoms with Crippen molar-refractivity contribution in [2.45, 2.75) is 6.92 Å². The SMILES string of the molecule is CCOC(=O)c1csc(N(C)CCNC(=O)C#Cc2cccc(Cl)c2)n1. The van der Waals surface area contributed by atoms with Crippen LogP contribution in [0.15, 0.2) is 29.6 Å². The smallest absolute Gasteiger partial charge is 0.357 e. The number of anilines is 1. The number of nitrogens with zero attached hydrogens (tertiary/aromatic N) is 2. The van der Waals surface area contributed by atoms with Crippen LogP contribution in [0.5, 0.6) is 0 Å². The topological polar surface area (TPSA) is 71.5 Å². The highest BCUT2D eigenvalue weighted by Gasteiger charge is 2.13. The van der Waals surface area contributed by atoms with Crippen LogP contribution in [0.4, 0.5) is 5.13 Å². The van der Waals surface area contributed by atoms with Crippen molar-refractivity contribution in [3.8, 4) is 11.8 Å². The summed E-state index contributed by atoms with van der Waals surface area (Å²) in [5.41, 5.74) is 0.967. The quantitative estimate of drug-likeness (QED) is 0.605. The molecule has 136 valence electrons. The van der Waals surface area contributed by atoms with Crippen molar-refractivity contribution in [2.75, 3.05) is 31.6 Å². The molecule has 26 heavy (non-hydrogen) atoms. The Morgan fingerprint density at radius 2 is 2.23 bits per heavy atom. The molecule has 0 spiro atoms. The molecular weight excluding hydrogens is 374 g/mol. The number of carbonyl (C=O) groups is 2. The van der Waals surface area contributed by atoms with Gasteiger partial charge >= 0.3 is 5.97 Å². The fourth-order valence-electron chi connectivity index (χ4n) is 1.91. The summed E-state index contributed by atoms with van der Waals surface area (Å²) >= 11 is 7.21. The number of benzene rings is 1. The predicted molar refractivity (Wildman–Crippen MR) is 103 cm³/mol. The van der Waals surface area contributed by atoms with E-state index in [1.165, 1.54) is 11.3 Å². The third kappa shape index (κ3) is 6.06. The molecule has 0 saturated carbocycles. The van der Waals surface area contributed by atoms with E-state index in [9.17, 15) is 9.59 Å². The second-order valence-electron chi connectivity index (χ2n) is 5.17. The molecule has 0 saturated heterocycles. The van der Waals surface area contributed by atoms with E-state index in [-0.39, 0.29) is 11.6 Å². The highest BCUT2D eigenvalue weighted by atomic mass is 35.5. The summed E-state index contributed by atoms with van der Waals surface area (Å²) in [4.78, 5) is 29.5. The van der Waals surface area contributed by atoms with Gasteiger partial charge in [-0.25, -0.2) is 9.78 Å². The molecule has 0 radical (unpaired) electrons. The maximum Gasteiger partial charge on any atom is 0.357 e. The predicted octanol–water partition coefficient (Wildman–Crippen LogP) is 2.58. The maximum atomic E-state index is 11.8. The third-order valence-electron chi connectivity index (χ3n) is 3.18. The van der Waals surface area contributed by atoms with Crippen molar-refractivity contribution in [3.05, 3.63) is 45.9 Å². The van der Waals surface area contributed by atoms with Crippen molar-refractivity contribution < 1.29 is 14.3 Å². The normalized spacial score (nSPS) is 9.81. The summed E-state index contributed by atoms with van der Waals surface area (Å²) in [6, 6.07) is 7.00. The first-order chi connectivity index (χ1) is 12.5. The molecule has 1 amide bonds. The Kier molecular flexibility index (Phi) is 7.45. The summed E-state index contributed by atoms with van der Waals surface area (Å²) in [6.45, 7) is 2.98. The molecule has 1 heterocycles. The first kappa shape index (κ1) is 19.8. The van der Waals surface area contributed by atoms with E-state index in [0.717, 1.165) is 0 Å². The fourth-order valence-corrected chi connectivity index (χ4v) is 2.89. The highest BCUT2D eigenvalue weighted by Crippen LogP contribution is 2.19. The van der Waals surface area contributed by atoms with Gasteiger partial charge in [-0.15, -0.1) is 11.3 Å². The van der Waals surface area contributed by atoms with E-state index in [0.29, 0.717) is 35.4 Å². The minimum absolute atomic E-state index is 0.287. The minimum atomic E-state index is -0.437. The Morgan fingerprint density at radius 1 is 1.42 bits per heavy atom. The first-order valence-corrected chi connectivity index (χ1v) is 9.14. The van der Waals surface area contributed by atoms with E-state index >= 15 is 0 Å². The number of nitrogens with one attached hydrogen (secondary N) is 1. The molecule has 8 heteroatoms. The van der Waals surface area contributed by atoms with Gasteiger partial charge in [-0.3, -0.25) is 4.79 Å².